The van der Waals surface area contributed by atoms with Crippen molar-refractivity contribution in [2.45, 2.75) is 26.5 Å². The Morgan fingerprint density at radius 3 is 2.31 bits per heavy atom. The van der Waals surface area contributed by atoms with E-state index in [0.29, 0.717) is 5.92 Å². The molecule has 0 aliphatic rings. The molecule has 0 amide bonds. The second kappa shape index (κ2) is 5.80. The van der Waals surface area contributed by atoms with Crippen molar-refractivity contribution in [3.05, 3.63) is 29.8 Å². The molecule has 0 bridgehead atoms. The number of alkyl halides is 2. The van der Waals surface area contributed by atoms with Crippen LogP contribution in [0.15, 0.2) is 24.3 Å². The average Bonchev–Trinajstić information content (AvgIpc) is 2.20. The summed E-state index contributed by atoms with van der Waals surface area (Å²) in [6.45, 7) is 1.27. The number of hydrogen-bond donors (Lipinski definition) is 1. The van der Waals surface area contributed by atoms with Gasteiger partial charge in [0.2, 0.25) is 0 Å². The first-order chi connectivity index (χ1) is 7.56. The molecule has 1 aromatic carbocycles. The van der Waals surface area contributed by atoms with Crippen molar-refractivity contribution in [2.75, 3.05) is 7.05 Å². The summed E-state index contributed by atoms with van der Waals surface area (Å²) in [6.07, 6.45) is 0. The van der Waals surface area contributed by atoms with Crippen LogP contribution >= 0.6 is 0 Å². The van der Waals surface area contributed by atoms with Gasteiger partial charge < -0.3 is 10.1 Å². The van der Waals surface area contributed by atoms with Gasteiger partial charge in [0.1, 0.15) is 5.75 Å². The summed E-state index contributed by atoms with van der Waals surface area (Å²) in [6, 6.07) is 6.89. The summed E-state index contributed by atoms with van der Waals surface area (Å²) >= 11 is 0. The van der Waals surface area contributed by atoms with Crippen LogP contribution in [0.1, 0.15) is 25.5 Å². The lowest BCUT2D eigenvalue weighted by atomic mass is 9.95. The first kappa shape index (κ1) is 12.9. The zero-order chi connectivity index (χ0) is 12.1. The summed E-state index contributed by atoms with van der Waals surface area (Å²) in [5.41, 5.74) is 0.764. The molecule has 0 spiro atoms. The standard InChI is InChI=1S/C12H17F2NO/c1-8(2)11(15-3)9-6-4-5-7-10(9)16-12(13)14/h4-8,11-12,15H,1-3H3. The topological polar surface area (TPSA) is 21.3 Å². The molecule has 0 heterocycles. The van der Waals surface area contributed by atoms with Crippen molar-refractivity contribution in [1.82, 2.24) is 5.32 Å². The number of ether oxygens (including phenoxy) is 1. The quantitative estimate of drug-likeness (QED) is 0.837. The number of para-hydroxylation sites is 1. The molecule has 0 aliphatic carbocycles. The number of halogens is 2. The van der Waals surface area contributed by atoms with Crippen molar-refractivity contribution < 1.29 is 13.5 Å². The van der Waals surface area contributed by atoms with E-state index in [9.17, 15) is 8.78 Å². The Kier molecular flexibility index (Phi) is 4.68. The Hall–Kier alpha value is -1.16. The summed E-state index contributed by atoms with van der Waals surface area (Å²) < 4.78 is 29.0. The van der Waals surface area contributed by atoms with Crippen LogP contribution in [-0.4, -0.2) is 13.7 Å². The molecule has 0 fully saturated rings. The van der Waals surface area contributed by atoms with Gasteiger partial charge in [0.15, 0.2) is 0 Å². The van der Waals surface area contributed by atoms with Gasteiger partial charge in [-0.2, -0.15) is 8.78 Å². The molecule has 90 valence electrons. The fourth-order valence-electron chi connectivity index (χ4n) is 1.79. The van der Waals surface area contributed by atoms with E-state index in [4.69, 9.17) is 0 Å². The first-order valence-corrected chi connectivity index (χ1v) is 5.27. The molecular formula is C12H17F2NO. The predicted molar refractivity (Wildman–Crippen MR) is 59.7 cm³/mol. The van der Waals surface area contributed by atoms with Gasteiger partial charge in [-0.15, -0.1) is 0 Å². The SMILES string of the molecule is CNC(c1ccccc1OC(F)F)C(C)C. The number of nitrogens with one attached hydrogen (secondary N) is 1. The van der Waals surface area contributed by atoms with Gasteiger partial charge in [-0.25, -0.2) is 0 Å². The Labute approximate surface area is 94.6 Å². The molecule has 16 heavy (non-hydrogen) atoms. The minimum Gasteiger partial charge on any atom is -0.434 e. The molecular weight excluding hydrogens is 212 g/mol. The second-order valence-electron chi connectivity index (χ2n) is 3.93. The molecule has 2 nitrogen and oxygen atoms in total. The maximum Gasteiger partial charge on any atom is 0.387 e. The first-order valence-electron chi connectivity index (χ1n) is 5.27. The summed E-state index contributed by atoms with van der Waals surface area (Å²) in [4.78, 5) is 0. The van der Waals surface area contributed by atoms with Crippen molar-refractivity contribution >= 4 is 0 Å². The van der Waals surface area contributed by atoms with Crippen LogP contribution in [0.5, 0.6) is 5.75 Å². The Morgan fingerprint density at radius 2 is 1.81 bits per heavy atom. The summed E-state index contributed by atoms with van der Waals surface area (Å²) in [7, 11) is 1.81. The van der Waals surface area contributed by atoms with E-state index < -0.39 is 6.61 Å². The van der Waals surface area contributed by atoms with Crippen LogP contribution in [0.25, 0.3) is 0 Å². The van der Waals surface area contributed by atoms with Crippen LogP contribution in [-0.2, 0) is 0 Å². The zero-order valence-corrected chi connectivity index (χ0v) is 9.71. The van der Waals surface area contributed by atoms with Gasteiger partial charge in [0, 0.05) is 11.6 Å². The number of hydrogen-bond acceptors (Lipinski definition) is 2. The van der Waals surface area contributed by atoms with Gasteiger partial charge in [-0.05, 0) is 19.0 Å². The summed E-state index contributed by atoms with van der Waals surface area (Å²) in [5.74, 6) is 0.540. The highest BCUT2D eigenvalue weighted by Crippen LogP contribution is 2.30. The lowest BCUT2D eigenvalue weighted by Crippen LogP contribution is -2.22. The van der Waals surface area contributed by atoms with Crippen LogP contribution in [0, 0.1) is 5.92 Å². The Bertz CT molecular complexity index is 329. The molecule has 0 radical (unpaired) electrons. The molecule has 1 atom stereocenters. The van der Waals surface area contributed by atoms with Gasteiger partial charge >= 0.3 is 6.61 Å². The number of rotatable bonds is 5. The van der Waals surface area contributed by atoms with E-state index in [1.54, 1.807) is 18.2 Å². The van der Waals surface area contributed by atoms with Gasteiger partial charge in [0.25, 0.3) is 0 Å². The molecule has 0 saturated heterocycles. The van der Waals surface area contributed by atoms with Crippen LogP contribution in [0.3, 0.4) is 0 Å². The molecule has 1 unspecified atom stereocenters. The molecule has 1 N–H and O–H groups in total. The molecule has 0 saturated carbocycles. The number of benzene rings is 1. The van der Waals surface area contributed by atoms with E-state index in [0.717, 1.165) is 5.56 Å². The van der Waals surface area contributed by atoms with Crippen molar-refractivity contribution in [1.29, 1.82) is 0 Å². The van der Waals surface area contributed by atoms with E-state index in [-0.39, 0.29) is 11.8 Å². The third kappa shape index (κ3) is 3.17. The van der Waals surface area contributed by atoms with Crippen molar-refractivity contribution in [3.63, 3.8) is 0 Å². The van der Waals surface area contributed by atoms with Gasteiger partial charge in [0.05, 0.1) is 0 Å². The molecule has 0 aromatic heterocycles. The Morgan fingerprint density at radius 1 is 1.19 bits per heavy atom. The highest BCUT2D eigenvalue weighted by molar-refractivity contribution is 5.36. The van der Waals surface area contributed by atoms with Crippen LogP contribution in [0.4, 0.5) is 8.78 Å². The average molecular weight is 229 g/mol. The van der Waals surface area contributed by atoms with E-state index in [2.05, 4.69) is 10.1 Å². The third-order valence-electron chi connectivity index (χ3n) is 2.45. The van der Waals surface area contributed by atoms with E-state index >= 15 is 0 Å². The molecule has 1 aromatic rings. The maximum absolute atomic E-state index is 12.2. The molecule has 4 heteroatoms. The third-order valence-corrected chi connectivity index (χ3v) is 2.45. The predicted octanol–water partition coefficient (Wildman–Crippen LogP) is 3.20. The molecule has 0 aliphatic heterocycles. The van der Waals surface area contributed by atoms with E-state index in [1.807, 2.05) is 27.0 Å². The minimum atomic E-state index is -2.79. The largest absolute Gasteiger partial charge is 0.434 e. The van der Waals surface area contributed by atoms with Crippen molar-refractivity contribution in [2.24, 2.45) is 5.92 Å². The lowest BCUT2D eigenvalue weighted by Gasteiger charge is -2.23. The van der Waals surface area contributed by atoms with E-state index in [1.165, 1.54) is 0 Å². The smallest absolute Gasteiger partial charge is 0.387 e. The highest BCUT2D eigenvalue weighted by Gasteiger charge is 2.19. The van der Waals surface area contributed by atoms with Gasteiger partial charge in [-0.1, -0.05) is 32.0 Å². The fourth-order valence-corrected chi connectivity index (χ4v) is 1.79. The van der Waals surface area contributed by atoms with Crippen LogP contribution in [0.2, 0.25) is 0 Å². The van der Waals surface area contributed by atoms with Crippen molar-refractivity contribution in [3.8, 4) is 5.75 Å². The maximum atomic E-state index is 12.2. The second-order valence-corrected chi connectivity index (χ2v) is 3.93. The normalized spacial score (nSPS) is 13.2. The minimum absolute atomic E-state index is 0.00921. The van der Waals surface area contributed by atoms with Crippen LogP contribution < -0.4 is 10.1 Å². The summed E-state index contributed by atoms with van der Waals surface area (Å²) in [5, 5.41) is 3.11. The zero-order valence-electron chi connectivity index (χ0n) is 9.71. The molecule has 1 rings (SSSR count). The fraction of sp³-hybridized carbons (Fsp3) is 0.500. The monoisotopic (exact) mass is 229 g/mol. The lowest BCUT2D eigenvalue weighted by molar-refractivity contribution is -0.0508. The van der Waals surface area contributed by atoms with Gasteiger partial charge in [-0.3, -0.25) is 0 Å². The highest BCUT2D eigenvalue weighted by atomic mass is 19.3. The Balaban J connectivity index is 3.01.